The summed E-state index contributed by atoms with van der Waals surface area (Å²) in [6.45, 7) is 0. The first-order valence-corrected chi connectivity index (χ1v) is 8.93. The van der Waals surface area contributed by atoms with E-state index in [1.54, 1.807) is 0 Å². The number of nitrogens with zero attached hydrogens (tertiary/aromatic N) is 1. The second-order valence-corrected chi connectivity index (χ2v) is 7.66. The molecule has 0 radical (unpaired) electrons. The second-order valence-electron chi connectivity index (χ2n) is 5.69. The quantitative estimate of drug-likeness (QED) is 0.840. The van der Waals surface area contributed by atoms with Crippen LogP contribution < -0.4 is 5.73 Å². The van der Waals surface area contributed by atoms with Gasteiger partial charge in [0.2, 0.25) is 0 Å². The molecule has 1 amide bonds. The predicted octanol–water partition coefficient (Wildman–Crippen LogP) is 4.65. The van der Waals surface area contributed by atoms with Crippen molar-refractivity contribution in [2.75, 3.05) is 12.8 Å². The van der Waals surface area contributed by atoms with E-state index in [1.807, 2.05) is 30.1 Å². The van der Waals surface area contributed by atoms with Gasteiger partial charge in [0, 0.05) is 27.6 Å². The number of hydrogen-bond donors (Lipinski definition) is 1. The average molecular weight is 367 g/mol. The molecule has 21 heavy (non-hydrogen) atoms. The van der Waals surface area contributed by atoms with Gasteiger partial charge in [-0.1, -0.05) is 35.2 Å². The van der Waals surface area contributed by atoms with Crippen LogP contribution in [0, 0.1) is 0 Å². The Morgan fingerprint density at radius 2 is 2.05 bits per heavy atom. The summed E-state index contributed by atoms with van der Waals surface area (Å²) in [6, 6.07) is 6.34. The smallest absolute Gasteiger partial charge is 0.266 e. The Kier molecular flexibility index (Phi) is 4.22. The van der Waals surface area contributed by atoms with Crippen molar-refractivity contribution >= 4 is 48.9 Å². The molecule has 1 fully saturated rings. The number of amides is 1. The van der Waals surface area contributed by atoms with E-state index in [2.05, 4.69) is 15.9 Å². The van der Waals surface area contributed by atoms with Crippen molar-refractivity contribution in [1.82, 2.24) is 4.90 Å². The molecule has 1 saturated carbocycles. The van der Waals surface area contributed by atoms with Gasteiger partial charge in [-0.05, 0) is 31.0 Å². The van der Waals surface area contributed by atoms with Crippen LogP contribution in [0.25, 0.3) is 10.1 Å². The molecule has 1 aromatic carbocycles. The number of nitrogens with two attached hydrogens (primary N) is 1. The van der Waals surface area contributed by atoms with Gasteiger partial charge in [0.25, 0.3) is 5.91 Å². The van der Waals surface area contributed by atoms with Crippen LogP contribution in [0.5, 0.6) is 0 Å². The second kappa shape index (κ2) is 5.97. The van der Waals surface area contributed by atoms with Gasteiger partial charge >= 0.3 is 0 Å². The van der Waals surface area contributed by atoms with Gasteiger partial charge < -0.3 is 10.6 Å². The first-order valence-electron chi connectivity index (χ1n) is 7.32. The minimum atomic E-state index is 0.0664. The molecule has 5 heteroatoms. The first-order chi connectivity index (χ1) is 10.1. The van der Waals surface area contributed by atoms with E-state index in [-0.39, 0.29) is 5.91 Å². The van der Waals surface area contributed by atoms with Crippen molar-refractivity contribution < 1.29 is 4.79 Å². The molecule has 0 unspecified atom stereocenters. The molecule has 2 aromatic rings. The van der Waals surface area contributed by atoms with Gasteiger partial charge in [0.15, 0.2) is 0 Å². The molecular formula is C16H19BrN2OS. The predicted molar refractivity (Wildman–Crippen MR) is 92.9 cm³/mol. The summed E-state index contributed by atoms with van der Waals surface area (Å²) in [5.41, 5.74) is 6.83. The third kappa shape index (κ3) is 2.81. The average Bonchev–Trinajstić information content (AvgIpc) is 2.83. The summed E-state index contributed by atoms with van der Waals surface area (Å²) < 4.78 is 2.05. The largest absolute Gasteiger partial charge is 0.397 e. The molecular weight excluding hydrogens is 348 g/mol. The third-order valence-corrected chi connectivity index (χ3v) is 5.99. The SMILES string of the molecule is CN(C(=O)c1sc2ccc(Br)cc2c1N)C1CCCCC1. The van der Waals surface area contributed by atoms with Crippen molar-refractivity contribution in [3.8, 4) is 0 Å². The van der Waals surface area contributed by atoms with E-state index in [0.29, 0.717) is 16.6 Å². The van der Waals surface area contributed by atoms with Crippen LogP contribution in [0.4, 0.5) is 5.69 Å². The Morgan fingerprint density at radius 3 is 2.76 bits per heavy atom. The van der Waals surface area contributed by atoms with Crippen LogP contribution in [0.2, 0.25) is 0 Å². The van der Waals surface area contributed by atoms with Gasteiger partial charge in [-0.15, -0.1) is 11.3 Å². The van der Waals surface area contributed by atoms with Crippen LogP contribution in [0.15, 0.2) is 22.7 Å². The van der Waals surface area contributed by atoms with E-state index in [9.17, 15) is 4.79 Å². The van der Waals surface area contributed by atoms with Crippen molar-refractivity contribution in [2.24, 2.45) is 0 Å². The molecule has 3 nitrogen and oxygen atoms in total. The molecule has 0 spiro atoms. The lowest BCUT2D eigenvalue weighted by Gasteiger charge is -2.31. The summed E-state index contributed by atoms with van der Waals surface area (Å²) in [7, 11) is 1.91. The molecule has 1 aliphatic carbocycles. The highest BCUT2D eigenvalue weighted by molar-refractivity contribution is 9.10. The minimum absolute atomic E-state index is 0.0664. The number of hydrogen-bond acceptors (Lipinski definition) is 3. The van der Waals surface area contributed by atoms with Gasteiger partial charge in [-0.3, -0.25) is 4.79 Å². The Hall–Kier alpha value is -1.07. The molecule has 0 aliphatic heterocycles. The van der Waals surface area contributed by atoms with Gasteiger partial charge in [-0.2, -0.15) is 0 Å². The van der Waals surface area contributed by atoms with Gasteiger partial charge in [-0.25, -0.2) is 0 Å². The van der Waals surface area contributed by atoms with Crippen LogP contribution in [-0.2, 0) is 0 Å². The fourth-order valence-electron chi connectivity index (χ4n) is 3.04. The lowest BCUT2D eigenvalue weighted by Crippen LogP contribution is -2.38. The number of rotatable bonds is 2. The number of carbonyl (C=O) groups is 1. The Balaban J connectivity index is 1.92. The van der Waals surface area contributed by atoms with Gasteiger partial charge in [0.1, 0.15) is 4.88 Å². The summed E-state index contributed by atoms with van der Waals surface area (Å²) >= 11 is 4.95. The van der Waals surface area contributed by atoms with Gasteiger partial charge in [0.05, 0.1) is 5.69 Å². The molecule has 0 bridgehead atoms. The number of halogens is 1. The van der Waals surface area contributed by atoms with Crippen molar-refractivity contribution in [3.63, 3.8) is 0 Å². The molecule has 0 saturated heterocycles. The molecule has 112 valence electrons. The van der Waals surface area contributed by atoms with Crippen molar-refractivity contribution in [2.45, 2.75) is 38.1 Å². The molecule has 1 heterocycles. The molecule has 3 rings (SSSR count). The van der Waals surface area contributed by atoms with Crippen LogP contribution >= 0.6 is 27.3 Å². The Labute approximate surface area is 137 Å². The number of carbonyl (C=O) groups excluding carboxylic acids is 1. The first kappa shape index (κ1) is 14.9. The lowest BCUT2D eigenvalue weighted by molar-refractivity contribution is 0.0702. The summed E-state index contributed by atoms with van der Waals surface area (Å²) in [5, 5.41) is 0.967. The third-order valence-electron chi connectivity index (χ3n) is 4.33. The van der Waals surface area contributed by atoms with E-state index in [4.69, 9.17) is 5.73 Å². The van der Waals surface area contributed by atoms with Crippen LogP contribution in [-0.4, -0.2) is 23.9 Å². The topological polar surface area (TPSA) is 46.3 Å². The zero-order valence-corrected chi connectivity index (χ0v) is 14.5. The summed E-state index contributed by atoms with van der Waals surface area (Å²) in [6.07, 6.45) is 5.95. The maximum Gasteiger partial charge on any atom is 0.266 e. The molecule has 0 atom stereocenters. The highest BCUT2D eigenvalue weighted by Crippen LogP contribution is 2.36. The minimum Gasteiger partial charge on any atom is -0.397 e. The maximum absolute atomic E-state index is 12.8. The standard InChI is InChI=1S/C16H19BrN2OS/c1-19(11-5-3-2-4-6-11)16(20)15-14(18)12-9-10(17)7-8-13(12)21-15/h7-9,11H,2-6,18H2,1H3. The van der Waals surface area contributed by atoms with E-state index < -0.39 is 0 Å². The Bertz CT molecular complexity index is 676. The number of benzene rings is 1. The monoisotopic (exact) mass is 366 g/mol. The Morgan fingerprint density at radius 1 is 1.33 bits per heavy atom. The number of anilines is 1. The fourth-order valence-corrected chi connectivity index (χ4v) is 4.49. The van der Waals surface area contributed by atoms with Crippen molar-refractivity contribution in [3.05, 3.63) is 27.5 Å². The summed E-state index contributed by atoms with van der Waals surface area (Å²) in [4.78, 5) is 15.3. The van der Waals surface area contributed by atoms with Crippen LogP contribution in [0.3, 0.4) is 0 Å². The molecule has 2 N–H and O–H groups in total. The number of nitrogen functional groups attached to an aromatic ring is 1. The van der Waals surface area contributed by atoms with Crippen molar-refractivity contribution in [1.29, 1.82) is 0 Å². The highest BCUT2D eigenvalue weighted by Gasteiger charge is 2.26. The molecule has 1 aliphatic rings. The normalized spacial score (nSPS) is 16.3. The zero-order valence-electron chi connectivity index (χ0n) is 12.1. The molecule has 1 aromatic heterocycles. The zero-order chi connectivity index (χ0) is 15.0. The van der Waals surface area contributed by atoms with E-state index >= 15 is 0 Å². The summed E-state index contributed by atoms with van der Waals surface area (Å²) in [5.74, 6) is 0.0664. The van der Waals surface area contributed by atoms with E-state index in [0.717, 1.165) is 27.4 Å². The highest BCUT2D eigenvalue weighted by atomic mass is 79.9. The fraction of sp³-hybridized carbons (Fsp3) is 0.438. The number of thiophene rings is 1. The lowest BCUT2D eigenvalue weighted by atomic mass is 9.94. The van der Waals surface area contributed by atoms with Crippen LogP contribution in [0.1, 0.15) is 41.8 Å². The maximum atomic E-state index is 12.8. The van der Waals surface area contributed by atoms with E-state index in [1.165, 1.54) is 30.6 Å². The number of fused-ring (bicyclic) bond motifs is 1.